The fourth-order valence-corrected chi connectivity index (χ4v) is 2.34. The molecule has 1 N–H and O–H groups in total. The summed E-state index contributed by atoms with van der Waals surface area (Å²) in [6.07, 6.45) is 2.04. The van der Waals surface area contributed by atoms with Crippen LogP contribution in [0.25, 0.3) is 0 Å². The molecule has 0 aliphatic carbocycles. The quantitative estimate of drug-likeness (QED) is 0.687. The van der Waals surface area contributed by atoms with Gasteiger partial charge in [0.25, 0.3) is 0 Å². The van der Waals surface area contributed by atoms with Crippen LogP contribution >= 0.6 is 0 Å². The van der Waals surface area contributed by atoms with Crippen LogP contribution in [-0.4, -0.2) is 49.1 Å². The largest absolute Gasteiger partial charge is 0.497 e. The molecule has 0 saturated carbocycles. The molecule has 0 unspecified atom stereocenters. The number of amides is 1. The average Bonchev–Trinajstić information content (AvgIpc) is 2.56. The van der Waals surface area contributed by atoms with Gasteiger partial charge in [-0.3, -0.25) is 0 Å². The maximum atomic E-state index is 12.5. The van der Waals surface area contributed by atoms with Gasteiger partial charge in [0, 0.05) is 24.8 Å². The molecule has 6 nitrogen and oxygen atoms in total. The summed E-state index contributed by atoms with van der Waals surface area (Å²) < 4.78 is 16.2. The van der Waals surface area contributed by atoms with Gasteiger partial charge in [-0.2, -0.15) is 0 Å². The van der Waals surface area contributed by atoms with E-state index in [0.29, 0.717) is 24.6 Å². The van der Waals surface area contributed by atoms with Crippen molar-refractivity contribution in [2.24, 2.45) is 0 Å². The van der Waals surface area contributed by atoms with Gasteiger partial charge >= 0.3 is 6.09 Å². The number of benzene rings is 1. The minimum Gasteiger partial charge on any atom is -0.497 e. The van der Waals surface area contributed by atoms with Gasteiger partial charge in [-0.05, 0) is 52.2 Å². The molecule has 1 rings (SSSR count). The number of hydrogen-bond donors (Lipinski definition) is 1. The Balaban J connectivity index is 2.89. The molecule has 0 saturated heterocycles. The van der Waals surface area contributed by atoms with Crippen LogP contribution in [0.2, 0.25) is 0 Å². The SMILES string of the molecule is COc1ccc(CN(CCCCCO)C(=O)OC(C)(C)C)c(OC)c1. The molecule has 1 aromatic rings. The highest BCUT2D eigenvalue weighted by molar-refractivity contribution is 5.68. The molecule has 25 heavy (non-hydrogen) atoms. The number of aliphatic hydroxyl groups excluding tert-OH is 1. The lowest BCUT2D eigenvalue weighted by atomic mass is 10.1. The van der Waals surface area contributed by atoms with E-state index in [1.807, 2.05) is 32.9 Å². The third kappa shape index (κ3) is 7.65. The molecule has 0 radical (unpaired) electrons. The zero-order valence-corrected chi connectivity index (χ0v) is 16.0. The molecule has 0 aliphatic heterocycles. The number of nitrogens with zero attached hydrogens (tertiary/aromatic N) is 1. The van der Waals surface area contributed by atoms with E-state index in [1.165, 1.54) is 0 Å². The third-order valence-corrected chi connectivity index (χ3v) is 3.59. The normalized spacial score (nSPS) is 11.1. The van der Waals surface area contributed by atoms with E-state index >= 15 is 0 Å². The summed E-state index contributed by atoms with van der Waals surface area (Å²) in [6.45, 7) is 6.67. The van der Waals surface area contributed by atoms with E-state index in [2.05, 4.69) is 0 Å². The molecule has 6 heteroatoms. The molecule has 0 heterocycles. The maximum Gasteiger partial charge on any atom is 0.410 e. The van der Waals surface area contributed by atoms with Crippen molar-refractivity contribution in [1.29, 1.82) is 0 Å². The predicted molar refractivity (Wildman–Crippen MR) is 97.1 cm³/mol. The summed E-state index contributed by atoms with van der Waals surface area (Å²) in [5.41, 5.74) is 0.334. The standard InChI is InChI=1S/C19H31NO5/c1-19(2,3)25-18(22)20(11-7-6-8-12-21)14-15-9-10-16(23-4)13-17(15)24-5/h9-10,13,21H,6-8,11-12,14H2,1-5H3. The van der Waals surface area contributed by atoms with Crippen LogP contribution in [0.1, 0.15) is 45.6 Å². The highest BCUT2D eigenvalue weighted by Crippen LogP contribution is 2.26. The molecule has 1 aromatic carbocycles. The molecule has 1 amide bonds. The summed E-state index contributed by atoms with van der Waals surface area (Å²) in [4.78, 5) is 14.2. The van der Waals surface area contributed by atoms with Gasteiger partial charge in [0.2, 0.25) is 0 Å². The van der Waals surface area contributed by atoms with Crippen LogP contribution in [0.15, 0.2) is 18.2 Å². The van der Waals surface area contributed by atoms with Gasteiger partial charge in [0.1, 0.15) is 17.1 Å². The van der Waals surface area contributed by atoms with Crippen LogP contribution in [0.3, 0.4) is 0 Å². The van der Waals surface area contributed by atoms with E-state index < -0.39 is 5.60 Å². The predicted octanol–water partition coefficient (Wildman–Crippen LogP) is 3.60. The second kappa shape index (κ2) is 10.1. The zero-order chi connectivity index (χ0) is 18.9. The van der Waals surface area contributed by atoms with Gasteiger partial charge in [-0.25, -0.2) is 4.79 Å². The Labute approximate surface area is 150 Å². The summed E-state index contributed by atoms with van der Waals surface area (Å²) in [5, 5.41) is 8.91. The first-order valence-electron chi connectivity index (χ1n) is 8.60. The van der Waals surface area contributed by atoms with Gasteiger partial charge in [0.15, 0.2) is 0 Å². The lowest BCUT2D eigenvalue weighted by Gasteiger charge is -2.28. The maximum absolute atomic E-state index is 12.5. The van der Waals surface area contributed by atoms with Crippen molar-refractivity contribution in [3.63, 3.8) is 0 Å². The Hall–Kier alpha value is -1.95. The van der Waals surface area contributed by atoms with Gasteiger partial charge in [-0.1, -0.05) is 0 Å². The number of methoxy groups -OCH3 is 2. The molecular weight excluding hydrogens is 322 g/mol. The molecule has 0 aromatic heterocycles. The Bertz CT molecular complexity index is 539. The van der Waals surface area contributed by atoms with Crippen LogP contribution in [0.5, 0.6) is 11.5 Å². The number of carbonyl (C=O) groups is 1. The van der Waals surface area contributed by atoms with Gasteiger partial charge < -0.3 is 24.2 Å². The van der Waals surface area contributed by atoms with Gasteiger partial charge in [0.05, 0.1) is 20.8 Å². The first-order valence-corrected chi connectivity index (χ1v) is 8.60. The summed E-state index contributed by atoms with van der Waals surface area (Å²) in [7, 11) is 3.19. The number of hydrogen-bond acceptors (Lipinski definition) is 5. The minimum atomic E-state index is -0.551. The monoisotopic (exact) mass is 353 g/mol. The first kappa shape index (κ1) is 21.1. The van der Waals surface area contributed by atoms with E-state index in [9.17, 15) is 4.79 Å². The number of rotatable bonds is 9. The van der Waals surface area contributed by atoms with E-state index in [4.69, 9.17) is 19.3 Å². The van der Waals surface area contributed by atoms with Crippen molar-refractivity contribution in [2.45, 2.75) is 52.2 Å². The van der Waals surface area contributed by atoms with Crippen LogP contribution < -0.4 is 9.47 Å². The molecule has 142 valence electrons. The van der Waals surface area contributed by atoms with Crippen molar-refractivity contribution < 1.29 is 24.1 Å². The van der Waals surface area contributed by atoms with Crippen molar-refractivity contribution >= 4 is 6.09 Å². The highest BCUT2D eigenvalue weighted by atomic mass is 16.6. The third-order valence-electron chi connectivity index (χ3n) is 3.59. The van der Waals surface area contributed by atoms with Crippen molar-refractivity contribution in [1.82, 2.24) is 4.90 Å². The lowest BCUT2D eigenvalue weighted by Crippen LogP contribution is -2.37. The Morgan fingerprint density at radius 3 is 2.40 bits per heavy atom. The van der Waals surface area contributed by atoms with E-state index in [-0.39, 0.29) is 12.7 Å². The lowest BCUT2D eigenvalue weighted by molar-refractivity contribution is 0.0229. The van der Waals surface area contributed by atoms with Crippen LogP contribution in [0.4, 0.5) is 4.79 Å². The summed E-state index contributed by atoms with van der Waals surface area (Å²) in [5.74, 6) is 1.37. The average molecular weight is 353 g/mol. The van der Waals surface area contributed by atoms with E-state index in [0.717, 1.165) is 24.8 Å². The zero-order valence-electron chi connectivity index (χ0n) is 16.0. The topological polar surface area (TPSA) is 68.2 Å². The molecule has 0 aliphatic rings. The molecule has 0 fully saturated rings. The smallest absolute Gasteiger partial charge is 0.410 e. The Morgan fingerprint density at radius 2 is 1.84 bits per heavy atom. The molecule has 0 atom stereocenters. The minimum absolute atomic E-state index is 0.165. The Kier molecular flexibility index (Phi) is 8.55. The fourth-order valence-electron chi connectivity index (χ4n) is 2.34. The fraction of sp³-hybridized carbons (Fsp3) is 0.632. The first-order chi connectivity index (χ1) is 11.8. The summed E-state index contributed by atoms with van der Waals surface area (Å²) >= 11 is 0. The Morgan fingerprint density at radius 1 is 1.12 bits per heavy atom. The number of ether oxygens (including phenoxy) is 3. The number of carbonyl (C=O) groups excluding carboxylic acids is 1. The second-order valence-electron chi connectivity index (χ2n) is 6.86. The molecular formula is C19H31NO5. The van der Waals surface area contributed by atoms with Crippen molar-refractivity contribution in [3.8, 4) is 11.5 Å². The van der Waals surface area contributed by atoms with Crippen LogP contribution in [-0.2, 0) is 11.3 Å². The van der Waals surface area contributed by atoms with Crippen molar-refractivity contribution in [3.05, 3.63) is 23.8 Å². The molecule has 0 bridgehead atoms. The van der Waals surface area contributed by atoms with Crippen LogP contribution in [0, 0.1) is 0 Å². The van der Waals surface area contributed by atoms with E-state index in [1.54, 1.807) is 25.2 Å². The molecule has 0 spiro atoms. The number of unbranched alkanes of at least 4 members (excludes halogenated alkanes) is 2. The second-order valence-corrected chi connectivity index (χ2v) is 6.86. The van der Waals surface area contributed by atoms with Gasteiger partial charge in [-0.15, -0.1) is 0 Å². The number of aliphatic hydroxyl groups is 1. The summed E-state index contributed by atoms with van der Waals surface area (Å²) in [6, 6.07) is 5.54. The van der Waals surface area contributed by atoms with Crippen molar-refractivity contribution in [2.75, 3.05) is 27.4 Å². The highest BCUT2D eigenvalue weighted by Gasteiger charge is 2.23.